The van der Waals surface area contributed by atoms with Gasteiger partial charge in [0.2, 0.25) is 11.8 Å². The summed E-state index contributed by atoms with van der Waals surface area (Å²) in [6.45, 7) is 12.1. The maximum absolute atomic E-state index is 12.6. The number of benzene rings is 3. The molecule has 0 bridgehead atoms. The molecular formula is C72H68N24O6S. The predicted octanol–water partition coefficient (Wildman–Crippen LogP) is 8.58. The summed E-state index contributed by atoms with van der Waals surface area (Å²) in [6.07, 6.45) is 13.9. The average molecular weight is 1400 g/mol. The first kappa shape index (κ1) is 69.4. The molecule has 0 spiro atoms. The minimum absolute atomic E-state index is 0. The van der Waals surface area contributed by atoms with Crippen LogP contribution in [0.2, 0.25) is 0 Å². The molecule has 3 unspecified atom stereocenters. The Labute approximate surface area is 592 Å². The number of nitrogens with zero attached hydrogens (tertiary/aromatic N) is 18. The van der Waals surface area contributed by atoms with Crippen LogP contribution < -0.4 is 33.2 Å². The molecule has 518 valence electrons. The number of amides is 6. The molecule has 31 heteroatoms. The molecule has 3 saturated heterocycles. The monoisotopic (exact) mass is 1400 g/mol. The molecule has 3 aliphatic heterocycles. The number of carbonyl (C=O) groups excluding carboxylic acids is 6. The molecule has 0 radical (unpaired) electrons. The number of rotatable bonds is 14. The van der Waals surface area contributed by atoms with E-state index in [1.807, 2.05) is 50.4 Å². The highest BCUT2D eigenvalue weighted by atomic mass is 32.1. The van der Waals surface area contributed by atoms with E-state index >= 15 is 0 Å². The summed E-state index contributed by atoms with van der Waals surface area (Å²) >= 11 is 1.35. The van der Waals surface area contributed by atoms with E-state index in [0.29, 0.717) is 140 Å². The van der Waals surface area contributed by atoms with Crippen molar-refractivity contribution in [2.75, 3.05) is 72.4 Å². The first-order valence-electron chi connectivity index (χ1n) is 32.1. The van der Waals surface area contributed by atoms with E-state index < -0.39 is 0 Å². The van der Waals surface area contributed by atoms with E-state index in [4.69, 9.17) is 32.5 Å². The highest BCUT2D eigenvalue weighted by molar-refractivity contribution is 7.13. The number of aromatic nitrogens is 15. The van der Waals surface area contributed by atoms with Crippen LogP contribution in [0.1, 0.15) is 82.8 Å². The van der Waals surface area contributed by atoms with Crippen molar-refractivity contribution in [2.24, 2.45) is 0 Å². The van der Waals surface area contributed by atoms with Crippen LogP contribution in [0.4, 0.5) is 34.2 Å². The molecule has 3 fully saturated rings. The van der Waals surface area contributed by atoms with E-state index in [9.17, 15) is 28.8 Å². The minimum atomic E-state index is -0.264. The van der Waals surface area contributed by atoms with Crippen LogP contribution >= 0.6 is 11.3 Å². The Morgan fingerprint density at radius 2 is 0.845 bits per heavy atom. The summed E-state index contributed by atoms with van der Waals surface area (Å²) in [5.74, 6) is 5.99. The van der Waals surface area contributed by atoms with Gasteiger partial charge in [-0.25, -0.2) is 58.9 Å². The number of carbonyl (C=O) groups is 6. The molecule has 12 heterocycles. The lowest BCUT2D eigenvalue weighted by molar-refractivity contribution is -0.125. The summed E-state index contributed by atoms with van der Waals surface area (Å²) in [5.41, 5.74) is 26.1. The summed E-state index contributed by atoms with van der Waals surface area (Å²) < 4.78 is 5.46. The van der Waals surface area contributed by atoms with Gasteiger partial charge >= 0.3 is 0 Å². The van der Waals surface area contributed by atoms with Crippen molar-refractivity contribution in [2.45, 2.75) is 51.7 Å². The third-order valence-electron chi connectivity index (χ3n) is 17.3. The second kappa shape index (κ2) is 30.7. The molecule has 3 aliphatic rings. The molecule has 30 nitrogen and oxygen atoms in total. The van der Waals surface area contributed by atoms with Crippen LogP contribution in [0.3, 0.4) is 0 Å². The standard InChI is InChI=1S/C25H22N8O2.C24H22N8O2.C22H20N8O2S.CH4/c1-2-5-20(34)32-13-11-18(14-32)33-24-21(23(26)28-15-29-24)22(31-33)16-7-9-17(10-8-16)25(35)30-19-6-3-4-12-27-19;1-2-19(33)31-12-10-17(13-31)32-23-20(22(25)27-14-28-23)21(30-32)15-6-8-16(9-7-15)24(34)29-18-5-3-4-11-26-18;1-2-16(31)29-9-7-15(11-29)30-20-17(19(23)25-12-26-20)18(28-30)13-3-5-14(6-4-13)21(32)27-22-24-8-10-33-22;/h3-4,6-10,12,15,18H,11,13-14H2,1H3,(H2,26,28,29)(H,27,30,35);2-9,11,14,17H,1,10,12-13H2,(H2,25,27,28)(H,26,29,34);2-6,8,10,12,15H,1,7,9,11H2,(H2,23,25,26)(H,24,27,32);1H4. The van der Waals surface area contributed by atoms with E-state index in [-0.39, 0.29) is 61.0 Å². The van der Waals surface area contributed by atoms with E-state index in [1.165, 1.54) is 42.5 Å². The van der Waals surface area contributed by atoms with Gasteiger partial charge in [-0.2, -0.15) is 15.3 Å². The molecule has 103 heavy (non-hydrogen) atoms. The second-order valence-electron chi connectivity index (χ2n) is 23.5. The Kier molecular flexibility index (Phi) is 20.7. The van der Waals surface area contributed by atoms with Gasteiger partial charge in [-0.05, 0) is 105 Å². The topological polar surface area (TPSA) is 396 Å². The van der Waals surface area contributed by atoms with Gasteiger partial charge in [0, 0.05) is 96.6 Å². The molecule has 9 N–H and O–H groups in total. The van der Waals surface area contributed by atoms with Crippen LogP contribution in [0, 0.1) is 11.8 Å². The fraction of sp³-hybridized carbons (Fsp3) is 0.194. The minimum Gasteiger partial charge on any atom is -0.383 e. The molecular weight excluding hydrogens is 1330 g/mol. The van der Waals surface area contributed by atoms with Crippen molar-refractivity contribution < 1.29 is 28.8 Å². The molecule has 12 aromatic rings. The van der Waals surface area contributed by atoms with Crippen LogP contribution in [-0.2, 0) is 14.4 Å². The SMILES string of the molecule is C.C=CC(=O)N1CCC(n2nc(-c3ccc(C(=O)Nc4ccccn4)cc3)c3c(N)ncnc32)C1.C=CC(=O)N1CCC(n2nc(-c3ccc(C(=O)Nc4nccs4)cc3)c3c(N)ncnc32)C1.CC#CC(=O)N1CCC(n2nc(-c3ccc(C(=O)Nc4ccccn4)cc3)c3c(N)ncnc32)C1. The Morgan fingerprint density at radius 1 is 0.476 bits per heavy atom. The third kappa shape index (κ3) is 14.8. The van der Waals surface area contributed by atoms with Gasteiger partial charge in [-0.15, -0.1) is 11.3 Å². The molecule has 3 aromatic carbocycles. The largest absolute Gasteiger partial charge is 0.383 e. The number of nitrogens with one attached hydrogen (secondary N) is 3. The Balaban J connectivity index is 0.000000145. The van der Waals surface area contributed by atoms with Crippen molar-refractivity contribution in [3.05, 3.63) is 194 Å². The zero-order chi connectivity index (χ0) is 71.0. The molecule has 9 aromatic heterocycles. The number of hydrogen-bond acceptors (Lipinski definition) is 22. The first-order chi connectivity index (χ1) is 49.6. The number of nitrogens with two attached hydrogens (primary N) is 3. The van der Waals surface area contributed by atoms with Crippen LogP contribution in [0.5, 0.6) is 0 Å². The van der Waals surface area contributed by atoms with Gasteiger partial charge in [0.25, 0.3) is 23.6 Å². The predicted molar refractivity (Wildman–Crippen MR) is 391 cm³/mol. The first-order valence-corrected chi connectivity index (χ1v) is 33.0. The molecule has 3 atom stereocenters. The Hall–Kier alpha value is -13.5. The fourth-order valence-corrected chi connectivity index (χ4v) is 12.8. The van der Waals surface area contributed by atoms with E-state index in [0.717, 1.165) is 36.0 Å². The molecule has 15 rings (SSSR count). The average Bonchev–Trinajstić information content (AvgIpc) is 1.63. The number of hydrogen-bond donors (Lipinski definition) is 6. The van der Waals surface area contributed by atoms with Gasteiger partial charge in [-0.3, -0.25) is 34.1 Å². The van der Waals surface area contributed by atoms with Gasteiger partial charge in [-0.1, -0.05) is 75.0 Å². The molecule has 0 aliphatic carbocycles. The highest BCUT2D eigenvalue weighted by Crippen LogP contribution is 2.38. The van der Waals surface area contributed by atoms with Gasteiger partial charge in [0.15, 0.2) is 22.1 Å². The number of pyridine rings is 2. The molecule has 6 amide bonds. The maximum atomic E-state index is 12.6. The van der Waals surface area contributed by atoms with Crippen molar-refractivity contribution in [1.29, 1.82) is 0 Å². The second-order valence-corrected chi connectivity index (χ2v) is 24.4. The maximum Gasteiger partial charge on any atom is 0.298 e. The van der Waals surface area contributed by atoms with Crippen LogP contribution in [0.15, 0.2) is 177 Å². The Bertz CT molecular complexity index is 5230. The van der Waals surface area contributed by atoms with Crippen LogP contribution in [-0.4, -0.2) is 164 Å². The Morgan fingerprint density at radius 3 is 1.18 bits per heavy atom. The quantitative estimate of drug-likeness (QED) is 0.0438. The van der Waals surface area contributed by atoms with Crippen LogP contribution in [0.25, 0.3) is 66.9 Å². The summed E-state index contributed by atoms with van der Waals surface area (Å²) in [4.78, 5) is 117. The summed E-state index contributed by atoms with van der Waals surface area (Å²) in [5, 5.41) is 27.0. The van der Waals surface area contributed by atoms with E-state index in [2.05, 4.69) is 85.8 Å². The highest BCUT2D eigenvalue weighted by Gasteiger charge is 2.34. The number of thiazole rings is 1. The number of fused-ring (bicyclic) bond motifs is 3. The number of nitrogen functional groups attached to an aromatic ring is 3. The normalized spacial score (nSPS) is 15.2. The zero-order valence-corrected chi connectivity index (χ0v) is 55.6. The fourth-order valence-electron chi connectivity index (χ4n) is 12.3. The summed E-state index contributed by atoms with van der Waals surface area (Å²) in [7, 11) is 0. The zero-order valence-electron chi connectivity index (χ0n) is 54.7. The lowest BCUT2D eigenvalue weighted by Gasteiger charge is -2.14. The van der Waals surface area contributed by atoms with E-state index in [1.54, 1.807) is 118 Å². The van der Waals surface area contributed by atoms with Gasteiger partial charge in [0.1, 0.15) is 65.2 Å². The number of likely N-dealkylation sites (tertiary alicyclic amines) is 3. The lowest BCUT2D eigenvalue weighted by atomic mass is 10.1. The van der Waals surface area contributed by atoms with Crippen molar-refractivity contribution in [1.82, 2.24) is 88.9 Å². The smallest absolute Gasteiger partial charge is 0.298 e. The number of anilines is 6. The van der Waals surface area contributed by atoms with Gasteiger partial charge in [0.05, 0.1) is 34.3 Å². The van der Waals surface area contributed by atoms with Crippen molar-refractivity contribution in [3.63, 3.8) is 0 Å². The summed E-state index contributed by atoms with van der Waals surface area (Å²) in [6, 6.07) is 31.7. The van der Waals surface area contributed by atoms with Gasteiger partial charge < -0.3 is 42.5 Å². The van der Waals surface area contributed by atoms with Crippen molar-refractivity contribution in [3.8, 4) is 45.6 Å². The van der Waals surface area contributed by atoms with Crippen molar-refractivity contribution >= 4 is 114 Å². The third-order valence-corrected chi connectivity index (χ3v) is 18.0. The lowest BCUT2D eigenvalue weighted by Crippen LogP contribution is -2.28. The molecule has 0 saturated carbocycles.